The zero-order valence-electron chi connectivity index (χ0n) is 15.8. The number of aromatic nitrogens is 1. The van der Waals surface area contributed by atoms with Crippen LogP contribution >= 0.6 is 0 Å². The summed E-state index contributed by atoms with van der Waals surface area (Å²) in [5.74, 6) is 0.762. The summed E-state index contributed by atoms with van der Waals surface area (Å²) in [6.07, 6.45) is 3.45. The van der Waals surface area contributed by atoms with Gasteiger partial charge in [0.1, 0.15) is 11.4 Å². The number of amides is 1. The molecule has 0 atom stereocenters. The lowest BCUT2D eigenvalue weighted by atomic mass is 10.1. The van der Waals surface area contributed by atoms with Crippen LogP contribution in [-0.4, -0.2) is 56.6 Å². The van der Waals surface area contributed by atoms with Crippen LogP contribution in [0.2, 0.25) is 0 Å². The highest BCUT2D eigenvalue weighted by molar-refractivity contribution is 5.92. The maximum Gasteiger partial charge on any atom is 0.269 e. The van der Waals surface area contributed by atoms with E-state index in [2.05, 4.69) is 26.6 Å². The molecule has 0 unspecified atom stereocenters. The van der Waals surface area contributed by atoms with E-state index in [4.69, 9.17) is 4.74 Å². The summed E-state index contributed by atoms with van der Waals surface area (Å²) in [6.45, 7) is 2.36. The predicted molar refractivity (Wildman–Crippen MR) is 105 cm³/mol. The molecule has 2 aromatic rings. The number of para-hydroxylation sites is 1. The number of methoxy groups -OCH3 is 1. The minimum absolute atomic E-state index is 0.135. The second-order valence-electron chi connectivity index (χ2n) is 6.33. The highest BCUT2D eigenvalue weighted by Crippen LogP contribution is 2.17. The number of carbonyl (C=O) groups excluding carboxylic acids is 1. The lowest BCUT2D eigenvalue weighted by molar-refractivity contribution is 0.0947. The third kappa shape index (κ3) is 6.37. The second-order valence-corrected chi connectivity index (χ2v) is 6.33. The number of benzene rings is 1. The average molecular weight is 356 g/mol. The zero-order valence-corrected chi connectivity index (χ0v) is 15.8. The van der Waals surface area contributed by atoms with E-state index in [-0.39, 0.29) is 5.91 Å². The Balaban J connectivity index is 1.77. The molecule has 140 valence electrons. The Morgan fingerprint density at radius 2 is 1.96 bits per heavy atom. The highest BCUT2D eigenvalue weighted by atomic mass is 16.5. The second kappa shape index (κ2) is 10.4. The van der Waals surface area contributed by atoms with Gasteiger partial charge in [0.05, 0.1) is 19.0 Å². The first-order valence-corrected chi connectivity index (χ1v) is 8.85. The van der Waals surface area contributed by atoms with Crippen LogP contribution in [0.4, 0.5) is 5.69 Å². The van der Waals surface area contributed by atoms with Crippen molar-refractivity contribution in [3.63, 3.8) is 0 Å². The Morgan fingerprint density at radius 1 is 1.15 bits per heavy atom. The van der Waals surface area contributed by atoms with Gasteiger partial charge in [-0.05, 0) is 57.2 Å². The summed E-state index contributed by atoms with van der Waals surface area (Å²) in [5.41, 5.74) is 2.48. The Bertz CT molecular complexity index is 686. The molecule has 0 aliphatic heterocycles. The Morgan fingerprint density at radius 3 is 2.65 bits per heavy atom. The van der Waals surface area contributed by atoms with Crippen LogP contribution in [0, 0.1) is 0 Å². The monoisotopic (exact) mass is 356 g/mol. The molecule has 0 spiro atoms. The van der Waals surface area contributed by atoms with Gasteiger partial charge in [-0.1, -0.05) is 18.2 Å². The van der Waals surface area contributed by atoms with Crippen molar-refractivity contribution in [2.45, 2.75) is 12.8 Å². The van der Waals surface area contributed by atoms with E-state index < -0.39 is 0 Å². The molecule has 26 heavy (non-hydrogen) atoms. The minimum atomic E-state index is -0.135. The molecule has 1 aromatic carbocycles. The van der Waals surface area contributed by atoms with Crippen LogP contribution in [0.3, 0.4) is 0 Å². The van der Waals surface area contributed by atoms with Gasteiger partial charge in [-0.15, -0.1) is 0 Å². The largest absolute Gasteiger partial charge is 0.496 e. The zero-order chi connectivity index (χ0) is 18.8. The van der Waals surface area contributed by atoms with Gasteiger partial charge in [-0.2, -0.15) is 0 Å². The number of hydrogen-bond donors (Lipinski definition) is 2. The summed E-state index contributed by atoms with van der Waals surface area (Å²) >= 11 is 0. The van der Waals surface area contributed by atoms with Gasteiger partial charge >= 0.3 is 0 Å². The molecule has 0 bridgehead atoms. The number of nitrogens with one attached hydrogen (secondary N) is 2. The smallest absolute Gasteiger partial charge is 0.269 e. The fourth-order valence-electron chi connectivity index (χ4n) is 2.57. The fourth-order valence-corrected chi connectivity index (χ4v) is 2.57. The molecule has 0 aliphatic rings. The number of pyridine rings is 1. The Labute approximate surface area is 155 Å². The van der Waals surface area contributed by atoms with E-state index in [1.807, 2.05) is 38.4 Å². The van der Waals surface area contributed by atoms with Crippen LogP contribution < -0.4 is 15.4 Å². The fraction of sp³-hybridized carbons (Fsp3) is 0.400. The van der Waals surface area contributed by atoms with E-state index in [9.17, 15) is 4.79 Å². The van der Waals surface area contributed by atoms with Crippen molar-refractivity contribution >= 4 is 11.6 Å². The van der Waals surface area contributed by atoms with Gasteiger partial charge in [0, 0.05) is 13.1 Å². The topological polar surface area (TPSA) is 66.5 Å². The molecule has 1 aromatic heterocycles. The lowest BCUT2D eigenvalue weighted by Gasteiger charge is -2.11. The average Bonchev–Trinajstić information content (AvgIpc) is 2.66. The third-order valence-electron chi connectivity index (χ3n) is 3.98. The van der Waals surface area contributed by atoms with E-state index >= 15 is 0 Å². The first-order valence-electron chi connectivity index (χ1n) is 8.85. The van der Waals surface area contributed by atoms with Crippen molar-refractivity contribution in [2.24, 2.45) is 0 Å². The van der Waals surface area contributed by atoms with Crippen molar-refractivity contribution in [1.29, 1.82) is 0 Å². The summed E-state index contributed by atoms with van der Waals surface area (Å²) in [5, 5.41) is 6.21. The molecule has 2 N–H and O–H groups in total. The summed E-state index contributed by atoms with van der Waals surface area (Å²) in [6, 6.07) is 11.6. The lowest BCUT2D eigenvalue weighted by Crippen LogP contribution is -2.27. The molecule has 0 radical (unpaired) electrons. The quantitative estimate of drug-likeness (QED) is 0.640. The van der Waals surface area contributed by atoms with E-state index in [1.165, 1.54) is 0 Å². The molecule has 0 aliphatic carbocycles. The Kier molecular flexibility index (Phi) is 7.89. The van der Waals surface area contributed by atoms with Crippen LogP contribution in [0.1, 0.15) is 22.5 Å². The van der Waals surface area contributed by atoms with Gasteiger partial charge in [0.25, 0.3) is 5.91 Å². The summed E-state index contributed by atoms with van der Waals surface area (Å²) < 4.78 is 5.36. The molecule has 0 fully saturated rings. The molecule has 6 nitrogen and oxygen atoms in total. The molecule has 1 heterocycles. The standard InChI is InChI=1S/C20H28N4O2/c1-24(2)14-6-12-22-20(25)18-10-9-17(15-23-18)21-13-11-16-7-4-5-8-19(16)26-3/h4-5,7-10,15,21H,6,11-14H2,1-3H3,(H,22,25). The number of rotatable bonds is 10. The molecule has 0 saturated heterocycles. The molecular weight excluding hydrogens is 328 g/mol. The van der Waals surface area contributed by atoms with Crippen LogP contribution in [0.25, 0.3) is 0 Å². The maximum atomic E-state index is 12.0. The SMILES string of the molecule is COc1ccccc1CCNc1ccc(C(=O)NCCCN(C)C)nc1. The van der Waals surface area contributed by atoms with Crippen LogP contribution in [0.15, 0.2) is 42.6 Å². The van der Waals surface area contributed by atoms with Crippen molar-refractivity contribution in [3.8, 4) is 5.75 Å². The number of carbonyl (C=O) groups is 1. The maximum absolute atomic E-state index is 12.0. The molecule has 0 saturated carbocycles. The highest BCUT2D eigenvalue weighted by Gasteiger charge is 2.07. The van der Waals surface area contributed by atoms with Gasteiger partial charge in [-0.3, -0.25) is 4.79 Å². The van der Waals surface area contributed by atoms with E-state index in [0.29, 0.717) is 12.2 Å². The normalized spacial score (nSPS) is 10.6. The van der Waals surface area contributed by atoms with E-state index in [1.54, 1.807) is 19.4 Å². The first-order chi connectivity index (χ1) is 12.6. The van der Waals surface area contributed by atoms with Gasteiger partial charge < -0.3 is 20.3 Å². The minimum Gasteiger partial charge on any atom is -0.496 e. The van der Waals surface area contributed by atoms with Crippen molar-refractivity contribution in [2.75, 3.05) is 46.2 Å². The van der Waals surface area contributed by atoms with E-state index in [0.717, 1.165) is 42.9 Å². The van der Waals surface area contributed by atoms with Gasteiger partial charge in [0.15, 0.2) is 0 Å². The molecule has 2 rings (SSSR count). The van der Waals surface area contributed by atoms with Crippen LogP contribution in [-0.2, 0) is 6.42 Å². The predicted octanol–water partition coefficient (Wildman–Crippen LogP) is 2.43. The molecule has 1 amide bonds. The Hall–Kier alpha value is -2.60. The van der Waals surface area contributed by atoms with Crippen molar-refractivity contribution in [1.82, 2.24) is 15.2 Å². The number of hydrogen-bond acceptors (Lipinski definition) is 5. The molecule has 6 heteroatoms. The van der Waals surface area contributed by atoms with Gasteiger partial charge in [-0.25, -0.2) is 4.98 Å². The summed E-state index contributed by atoms with van der Waals surface area (Å²) in [4.78, 5) is 18.4. The van der Waals surface area contributed by atoms with Crippen molar-refractivity contribution < 1.29 is 9.53 Å². The third-order valence-corrected chi connectivity index (χ3v) is 3.98. The van der Waals surface area contributed by atoms with Crippen LogP contribution in [0.5, 0.6) is 5.75 Å². The number of nitrogens with zero attached hydrogens (tertiary/aromatic N) is 2. The van der Waals surface area contributed by atoms with Gasteiger partial charge in [0.2, 0.25) is 0 Å². The number of ether oxygens (including phenoxy) is 1. The number of anilines is 1. The first kappa shape index (κ1) is 19.7. The molecular formula is C20H28N4O2. The van der Waals surface area contributed by atoms with Crippen molar-refractivity contribution in [3.05, 3.63) is 53.9 Å². The summed E-state index contributed by atoms with van der Waals surface area (Å²) in [7, 11) is 5.71.